The van der Waals surface area contributed by atoms with Gasteiger partial charge in [0.2, 0.25) is 0 Å². The van der Waals surface area contributed by atoms with Crippen molar-refractivity contribution in [2.75, 3.05) is 0 Å². The number of carbonyl (C=O) groups is 1. The van der Waals surface area contributed by atoms with Crippen LogP contribution >= 0.6 is 0 Å². The summed E-state index contributed by atoms with van der Waals surface area (Å²) in [4.78, 5) is 10.0. The van der Waals surface area contributed by atoms with Crippen molar-refractivity contribution in [2.45, 2.75) is 0 Å². The van der Waals surface area contributed by atoms with Crippen molar-refractivity contribution >= 4 is 5.97 Å². The van der Waals surface area contributed by atoms with Gasteiger partial charge in [-0.25, -0.2) is 4.79 Å². The standard InChI is InChI=1S/C8H7O2/c9-8(10)6-5-7-3-1-2-4-7/h1-6H,(H,9,10)/b6-5+. The molecule has 0 saturated heterocycles. The van der Waals surface area contributed by atoms with Crippen molar-refractivity contribution in [3.63, 3.8) is 0 Å². The van der Waals surface area contributed by atoms with Crippen molar-refractivity contribution in [1.82, 2.24) is 0 Å². The van der Waals surface area contributed by atoms with Crippen LogP contribution in [0.4, 0.5) is 0 Å². The summed E-state index contributed by atoms with van der Waals surface area (Å²) in [7, 11) is 0. The van der Waals surface area contributed by atoms with Gasteiger partial charge in [-0.2, -0.15) is 0 Å². The molecule has 1 aliphatic rings. The lowest BCUT2D eigenvalue weighted by Gasteiger charge is -1.95. The van der Waals surface area contributed by atoms with Gasteiger partial charge in [0.05, 0.1) is 0 Å². The highest BCUT2D eigenvalue weighted by atomic mass is 16.4. The van der Waals surface area contributed by atoms with Crippen molar-refractivity contribution in [3.8, 4) is 0 Å². The fourth-order valence-corrected chi connectivity index (χ4v) is 0.668. The van der Waals surface area contributed by atoms with Gasteiger partial charge in [-0.05, 0) is 25.7 Å². The first-order valence-electron chi connectivity index (χ1n) is 2.92. The highest BCUT2D eigenvalue weighted by Gasteiger charge is 2.13. The number of hydrogen-bond donors (Lipinski definition) is 1. The number of rotatable bonds is 2. The minimum atomic E-state index is -0.916. The van der Waals surface area contributed by atoms with E-state index in [-0.39, 0.29) is 0 Å². The molecule has 1 aliphatic carbocycles. The normalized spacial score (nSPS) is 20.4. The van der Waals surface area contributed by atoms with Crippen LogP contribution in [0.5, 0.6) is 0 Å². The first-order valence-corrected chi connectivity index (χ1v) is 2.92. The van der Waals surface area contributed by atoms with Gasteiger partial charge in [0.15, 0.2) is 0 Å². The maximum absolute atomic E-state index is 10.0. The maximum Gasteiger partial charge on any atom is 0.327 e. The van der Waals surface area contributed by atoms with E-state index in [0.29, 0.717) is 0 Å². The topological polar surface area (TPSA) is 37.3 Å². The Labute approximate surface area is 60.6 Å². The van der Waals surface area contributed by atoms with Gasteiger partial charge in [-0.3, -0.25) is 0 Å². The molecule has 1 fully saturated rings. The molecule has 1 saturated carbocycles. The predicted octanol–water partition coefficient (Wildman–Crippen LogP) is 1.03. The molecule has 0 spiro atoms. The van der Waals surface area contributed by atoms with Gasteiger partial charge < -0.3 is 5.11 Å². The molecule has 5 radical (unpaired) electrons. The van der Waals surface area contributed by atoms with Gasteiger partial charge in [0.1, 0.15) is 0 Å². The van der Waals surface area contributed by atoms with Crippen LogP contribution in [0.25, 0.3) is 0 Å². The fraction of sp³-hybridized carbons (Fsp3) is 0. The third-order valence-electron chi connectivity index (χ3n) is 1.11. The molecule has 0 heterocycles. The molecule has 0 amide bonds. The number of aliphatic carboxylic acids is 1. The molecule has 10 heavy (non-hydrogen) atoms. The van der Waals surface area contributed by atoms with Crippen LogP contribution in [-0.4, -0.2) is 11.1 Å². The minimum absolute atomic E-state index is 0.916. The molecule has 0 aromatic carbocycles. The molecule has 0 aliphatic heterocycles. The highest BCUT2D eigenvalue weighted by molar-refractivity contribution is 5.80. The molecular formula is C8H7O2. The number of carboxylic acids is 1. The lowest BCUT2D eigenvalue weighted by atomic mass is 10.1. The Morgan fingerprint density at radius 3 is 2.50 bits per heavy atom. The fourth-order valence-electron chi connectivity index (χ4n) is 0.668. The Kier molecular flexibility index (Phi) is 2.49. The average molecular weight is 135 g/mol. The van der Waals surface area contributed by atoms with Crippen molar-refractivity contribution in [1.29, 1.82) is 0 Å². The summed E-state index contributed by atoms with van der Waals surface area (Å²) >= 11 is 0. The van der Waals surface area contributed by atoms with Crippen LogP contribution < -0.4 is 0 Å². The zero-order valence-electron chi connectivity index (χ0n) is 5.32. The SMILES string of the molecule is O=C(O)/C=C/[C]1[CH][CH][CH][CH]1. The lowest BCUT2D eigenvalue weighted by molar-refractivity contribution is -0.131. The van der Waals surface area contributed by atoms with Gasteiger partial charge in [-0.15, -0.1) is 0 Å². The Hall–Kier alpha value is -0.790. The molecule has 0 bridgehead atoms. The molecule has 1 N–H and O–H groups in total. The third-order valence-corrected chi connectivity index (χ3v) is 1.11. The summed E-state index contributed by atoms with van der Waals surface area (Å²) in [6.45, 7) is 0. The van der Waals surface area contributed by atoms with Crippen molar-refractivity contribution in [3.05, 3.63) is 43.8 Å². The first kappa shape index (κ1) is 7.32. The van der Waals surface area contributed by atoms with E-state index in [9.17, 15) is 4.79 Å². The van der Waals surface area contributed by atoms with Gasteiger partial charge in [0, 0.05) is 12.0 Å². The van der Waals surface area contributed by atoms with E-state index >= 15 is 0 Å². The zero-order chi connectivity index (χ0) is 7.40. The van der Waals surface area contributed by atoms with Crippen LogP contribution in [-0.2, 0) is 4.79 Å². The van der Waals surface area contributed by atoms with E-state index < -0.39 is 5.97 Å². The second-order valence-electron chi connectivity index (χ2n) is 1.89. The zero-order valence-corrected chi connectivity index (χ0v) is 5.32. The Balaban J connectivity index is 2.29. The smallest absolute Gasteiger partial charge is 0.327 e. The van der Waals surface area contributed by atoms with Crippen LogP contribution in [0.1, 0.15) is 0 Å². The van der Waals surface area contributed by atoms with E-state index in [2.05, 4.69) is 0 Å². The van der Waals surface area contributed by atoms with Crippen LogP contribution in [0.15, 0.2) is 12.2 Å². The van der Waals surface area contributed by atoms with E-state index in [1.807, 2.05) is 25.7 Å². The van der Waals surface area contributed by atoms with Crippen LogP contribution in [0.2, 0.25) is 0 Å². The number of carboxylic acid groups (broad SMARTS) is 1. The Morgan fingerprint density at radius 1 is 1.40 bits per heavy atom. The molecule has 2 heteroatoms. The highest BCUT2D eigenvalue weighted by Crippen LogP contribution is 2.23. The lowest BCUT2D eigenvalue weighted by Crippen LogP contribution is -1.90. The summed E-state index contributed by atoms with van der Waals surface area (Å²) in [5, 5.41) is 8.23. The molecule has 0 atom stereocenters. The Morgan fingerprint density at radius 2 is 2.00 bits per heavy atom. The molecule has 2 nitrogen and oxygen atoms in total. The molecule has 0 unspecified atom stereocenters. The van der Waals surface area contributed by atoms with Gasteiger partial charge in [-0.1, -0.05) is 6.08 Å². The first-order chi connectivity index (χ1) is 4.79. The maximum atomic E-state index is 10.0. The predicted molar refractivity (Wildman–Crippen MR) is 37.2 cm³/mol. The molecule has 1 rings (SSSR count). The largest absolute Gasteiger partial charge is 0.478 e. The molecular weight excluding hydrogens is 128 g/mol. The quantitative estimate of drug-likeness (QED) is 0.574. The molecule has 51 valence electrons. The number of allylic oxidation sites excluding steroid dienone is 1. The van der Waals surface area contributed by atoms with E-state index in [1.165, 1.54) is 0 Å². The van der Waals surface area contributed by atoms with Gasteiger partial charge >= 0.3 is 5.97 Å². The summed E-state index contributed by atoms with van der Waals surface area (Å²) in [6.07, 6.45) is 10.1. The summed E-state index contributed by atoms with van der Waals surface area (Å²) in [6, 6.07) is 0. The van der Waals surface area contributed by atoms with E-state index in [0.717, 1.165) is 12.0 Å². The molecule has 0 aromatic heterocycles. The monoisotopic (exact) mass is 135 g/mol. The summed E-state index contributed by atoms with van der Waals surface area (Å²) in [5.74, 6) is 0.00333. The van der Waals surface area contributed by atoms with Crippen molar-refractivity contribution in [2.24, 2.45) is 0 Å². The van der Waals surface area contributed by atoms with Crippen molar-refractivity contribution < 1.29 is 9.90 Å². The number of hydrogen-bond acceptors (Lipinski definition) is 1. The summed E-state index contributed by atoms with van der Waals surface area (Å²) in [5.41, 5.74) is 0. The van der Waals surface area contributed by atoms with E-state index in [4.69, 9.17) is 5.11 Å². The second-order valence-corrected chi connectivity index (χ2v) is 1.89. The Bertz CT molecular complexity index is 143. The summed E-state index contributed by atoms with van der Waals surface area (Å²) < 4.78 is 0. The van der Waals surface area contributed by atoms with Gasteiger partial charge in [0.25, 0.3) is 0 Å². The van der Waals surface area contributed by atoms with E-state index in [1.54, 1.807) is 6.08 Å². The van der Waals surface area contributed by atoms with Crippen LogP contribution in [0, 0.1) is 31.6 Å². The van der Waals surface area contributed by atoms with Crippen LogP contribution in [0.3, 0.4) is 0 Å². The minimum Gasteiger partial charge on any atom is -0.478 e. The third kappa shape index (κ3) is 2.21. The average Bonchev–Trinajstić information content (AvgIpc) is 2.34. The molecule has 0 aromatic rings. The second kappa shape index (κ2) is 3.40.